The second-order valence-electron chi connectivity index (χ2n) is 4.57. The van der Waals surface area contributed by atoms with Crippen LogP contribution in [0.3, 0.4) is 0 Å². The Balaban J connectivity index is 1.66. The van der Waals surface area contributed by atoms with E-state index in [1.807, 2.05) is 36.4 Å². The molecule has 0 radical (unpaired) electrons. The maximum absolute atomic E-state index is 5.75. The normalized spacial score (nSPS) is 10.6. The maximum atomic E-state index is 5.75. The minimum Gasteiger partial charge on any atom is -0.370 e. The second-order valence-corrected chi connectivity index (χ2v) is 4.57. The number of nitrogens with zero attached hydrogens (tertiary/aromatic N) is 1. The van der Waals surface area contributed by atoms with Crippen LogP contribution in [0.4, 0.5) is 0 Å². The van der Waals surface area contributed by atoms with Crippen LogP contribution in [0.5, 0.6) is 0 Å². The summed E-state index contributed by atoms with van der Waals surface area (Å²) in [4.78, 5) is 7.53. The molecule has 1 N–H and O–H groups in total. The molecule has 2 aromatic carbocycles. The third-order valence-corrected chi connectivity index (χ3v) is 3.12. The van der Waals surface area contributed by atoms with Gasteiger partial charge in [0, 0.05) is 5.56 Å². The van der Waals surface area contributed by atoms with E-state index < -0.39 is 0 Å². The molecule has 100 valence electrons. The highest BCUT2D eigenvalue weighted by Crippen LogP contribution is 2.20. The van der Waals surface area contributed by atoms with Crippen molar-refractivity contribution in [3.8, 4) is 11.3 Å². The zero-order valence-electron chi connectivity index (χ0n) is 11.1. The number of nitrogens with one attached hydrogen (secondary N) is 1. The highest BCUT2D eigenvalue weighted by Gasteiger charge is 2.07. The van der Waals surface area contributed by atoms with Gasteiger partial charge in [-0.2, -0.15) is 0 Å². The molecule has 0 aliphatic carbocycles. The summed E-state index contributed by atoms with van der Waals surface area (Å²) in [6.45, 7) is 1.13. The fourth-order valence-electron chi connectivity index (χ4n) is 2.12. The Hall–Kier alpha value is -2.39. The van der Waals surface area contributed by atoms with Crippen molar-refractivity contribution in [2.45, 2.75) is 13.2 Å². The molecule has 0 fully saturated rings. The summed E-state index contributed by atoms with van der Waals surface area (Å²) in [5.41, 5.74) is 4.24. The molecule has 0 saturated carbocycles. The fourth-order valence-corrected chi connectivity index (χ4v) is 2.12. The van der Waals surface area contributed by atoms with Crippen molar-refractivity contribution in [2.24, 2.45) is 0 Å². The first kappa shape index (κ1) is 12.6. The van der Waals surface area contributed by atoms with Crippen molar-refractivity contribution in [3.05, 3.63) is 78.2 Å². The first-order valence-electron chi connectivity index (χ1n) is 6.63. The number of benzene rings is 2. The van der Waals surface area contributed by atoms with Gasteiger partial charge in [0.15, 0.2) is 0 Å². The standard InChI is InChI=1S/C17H16N2O/c1-3-7-14(8-4-1)11-20-12-16-17(19-13-18-16)15-9-5-2-6-10-15/h1-10,13H,11-12H2,(H,18,19). The molecule has 0 amide bonds. The van der Waals surface area contributed by atoms with Crippen LogP contribution in [0, 0.1) is 0 Å². The van der Waals surface area contributed by atoms with Gasteiger partial charge in [0.05, 0.1) is 30.9 Å². The average Bonchev–Trinajstić information content (AvgIpc) is 2.98. The first-order chi connectivity index (χ1) is 9.93. The predicted molar refractivity (Wildman–Crippen MR) is 79.0 cm³/mol. The zero-order valence-corrected chi connectivity index (χ0v) is 11.1. The number of hydrogen-bond acceptors (Lipinski definition) is 2. The number of hydrogen-bond donors (Lipinski definition) is 1. The largest absolute Gasteiger partial charge is 0.370 e. The van der Waals surface area contributed by atoms with Crippen molar-refractivity contribution in [3.63, 3.8) is 0 Å². The van der Waals surface area contributed by atoms with E-state index in [1.54, 1.807) is 6.33 Å². The zero-order chi connectivity index (χ0) is 13.6. The maximum Gasteiger partial charge on any atom is 0.0936 e. The number of ether oxygens (including phenoxy) is 1. The molecule has 3 nitrogen and oxygen atoms in total. The topological polar surface area (TPSA) is 37.9 Å². The molecule has 0 atom stereocenters. The minimum absolute atomic E-state index is 0.527. The van der Waals surface area contributed by atoms with Gasteiger partial charge < -0.3 is 9.72 Å². The summed E-state index contributed by atoms with van der Waals surface area (Å²) in [5.74, 6) is 0. The van der Waals surface area contributed by atoms with Crippen molar-refractivity contribution in [1.29, 1.82) is 0 Å². The molecule has 0 aliphatic heterocycles. The van der Waals surface area contributed by atoms with Crippen LogP contribution in [-0.2, 0) is 18.0 Å². The van der Waals surface area contributed by atoms with Crippen molar-refractivity contribution >= 4 is 0 Å². The Labute approximate surface area is 118 Å². The summed E-state index contributed by atoms with van der Waals surface area (Å²) >= 11 is 0. The van der Waals surface area contributed by atoms with Crippen LogP contribution in [0.1, 0.15) is 11.3 Å². The summed E-state index contributed by atoms with van der Waals surface area (Å²) in [6.07, 6.45) is 1.71. The van der Waals surface area contributed by atoms with Crippen molar-refractivity contribution in [2.75, 3.05) is 0 Å². The summed E-state index contributed by atoms with van der Waals surface area (Å²) in [6, 6.07) is 20.3. The number of aromatic nitrogens is 2. The van der Waals surface area contributed by atoms with E-state index in [0.29, 0.717) is 13.2 Å². The first-order valence-corrected chi connectivity index (χ1v) is 6.63. The van der Waals surface area contributed by atoms with Gasteiger partial charge in [-0.1, -0.05) is 60.7 Å². The number of H-pyrrole nitrogens is 1. The molecular formula is C17H16N2O. The van der Waals surface area contributed by atoms with Gasteiger partial charge in [0.2, 0.25) is 0 Å². The van der Waals surface area contributed by atoms with Crippen molar-refractivity contribution < 1.29 is 4.74 Å². The van der Waals surface area contributed by atoms with Crippen LogP contribution < -0.4 is 0 Å². The predicted octanol–water partition coefficient (Wildman–Crippen LogP) is 3.79. The second kappa shape index (κ2) is 6.17. The van der Waals surface area contributed by atoms with Crippen LogP contribution >= 0.6 is 0 Å². The molecule has 3 aromatic rings. The molecule has 3 rings (SSSR count). The minimum atomic E-state index is 0.527. The Bertz CT molecular complexity index is 647. The summed E-state index contributed by atoms with van der Waals surface area (Å²) < 4.78 is 5.75. The highest BCUT2D eigenvalue weighted by molar-refractivity contribution is 5.61. The van der Waals surface area contributed by atoms with Gasteiger partial charge in [0.1, 0.15) is 0 Å². The lowest BCUT2D eigenvalue weighted by Gasteiger charge is -2.05. The highest BCUT2D eigenvalue weighted by atomic mass is 16.5. The monoisotopic (exact) mass is 264 g/mol. The number of imidazole rings is 1. The lowest BCUT2D eigenvalue weighted by Crippen LogP contribution is -1.96. The van der Waals surface area contributed by atoms with Gasteiger partial charge in [0.25, 0.3) is 0 Å². The number of aromatic amines is 1. The van der Waals surface area contributed by atoms with Crippen molar-refractivity contribution in [1.82, 2.24) is 9.97 Å². The Morgan fingerprint density at radius 3 is 2.30 bits per heavy atom. The quantitative estimate of drug-likeness (QED) is 0.761. The van der Waals surface area contributed by atoms with E-state index in [-0.39, 0.29) is 0 Å². The van der Waals surface area contributed by atoms with E-state index >= 15 is 0 Å². The van der Waals surface area contributed by atoms with Crippen LogP contribution in [0.25, 0.3) is 11.3 Å². The van der Waals surface area contributed by atoms with Gasteiger partial charge in [-0.3, -0.25) is 0 Å². The van der Waals surface area contributed by atoms with Gasteiger partial charge in [-0.05, 0) is 5.56 Å². The Morgan fingerprint density at radius 2 is 1.55 bits per heavy atom. The Kier molecular flexibility index (Phi) is 3.90. The molecule has 0 saturated heterocycles. The SMILES string of the molecule is c1ccc(COCc2[nH]cnc2-c2ccccc2)cc1. The molecule has 1 aromatic heterocycles. The van der Waals surface area contributed by atoms with E-state index in [1.165, 1.54) is 5.56 Å². The number of rotatable bonds is 5. The Morgan fingerprint density at radius 1 is 0.850 bits per heavy atom. The molecule has 0 bridgehead atoms. The third-order valence-electron chi connectivity index (χ3n) is 3.12. The van der Waals surface area contributed by atoms with Crippen LogP contribution in [-0.4, -0.2) is 9.97 Å². The summed E-state index contributed by atoms with van der Waals surface area (Å²) in [7, 11) is 0. The molecule has 1 heterocycles. The average molecular weight is 264 g/mol. The van der Waals surface area contributed by atoms with Gasteiger partial charge in [-0.15, -0.1) is 0 Å². The molecule has 0 unspecified atom stereocenters. The van der Waals surface area contributed by atoms with Gasteiger partial charge in [-0.25, -0.2) is 4.98 Å². The van der Waals surface area contributed by atoms with E-state index in [0.717, 1.165) is 17.0 Å². The molecular weight excluding hydrogens is 248 g/mol. The molecule has 0 aliphatic rings. The van der Waals surface area contributed by atoms with Crippen LogP contribution in [0.2, 0.25) is 0 Å². The van der Waals surface area contributed by atoms with E-state index in [4.69, 9.17) is 4.74 Å². The van der Waals surface area contributed by atoms with Crippen LogP contribution in [0.15, 0.2) is 67.0 Å². The molecule has 20 heavy (non-hydrogen) atoms. The summed E-state index contributed by atoms with van der Waals surface area (Å²) in [5, 5.41) is 0. The lowest BCUT2D eigenvalue weighted by atomic mass is 10.1. The fraction of sp³-hybridized carbons (Fsp3) is 0.118. The van der Waals surface area contributed by atoms with E-state index in [2.05, 4.69) is 34.2 Å². The van der Waals surface area contributed by atoms with E-state index in [9.17, 15) is 0 Å². The smallest absolute Gasteiger partial charge is 0.0936 e. The molecule has 0 spiro atoms. The van der Waals surface area contributed by atoms with Gasteiger partial charge >= 0.3 is 0 Å². The third kappa shape index (κ3) is 2.95. The lowest BCUT2D eigenvalue weighted by molar-refractivity contribution is 0.105. The molecule has 3 heteroatoms.